The van der Waals surface area contributed by atoms with Crippen LogP contribution in [0.4, 0.5) is 0 Å². The van der Waals surface area contributed by atoms with E-state index in [9.17, 15) is 0 Å². The van der Waals surface area contributed by atoms with Gasteiger partial charge in [-0.25, -0.2) is 0 Å². The molecule has 0 heterocycles. The summed E-state index contributed by atoms with van der Waals surface area (Å²) in [4.78, 5) is 2.24. The zero-order valence-electron chi connectivity index (χ0n) is 7.44. The molecule has 0 radical (unpaired) electrons. The van der Waals surface area contributed by atoms with Crippen molar-refractivity contribution in [2.75, 3.05) is 20.1 Å². The Bertz CT molecular complexity index is 127. The van der Waals surface area contributed by atoms with Crippen molar-refractivity contribution < 1.29 is 0 Å². The van der Waals surface area contributed by atoms with Gasteiger partial charge in [0.15, 0.2) is 0 Å². The lowest BCUT2D eigenvalue weighted by Gasteiger charge is -2.15. The first kappa shape index (κ1) is 9.52. The lowest BCUT2D eigenvalue weighted by atomic mass is 10.2. The minimum absolute atomic E-state index is 0.739. The van der Waals surface area contributed by atoms with Gasteiger partial charge in [-0.2, -0.15) is 0 Å². The third-order valence-electron chi connectivity index (χ3n) is 1.20. The van der Waals surface area contributed by atoms with Crippen molar-refractivity contribution >= 4 is 0 Å². The molecule has 0 aliphatic carbocycles. The Morgan fingerprint density at radius 2 is 2.00 bits per heavy atom. The van der Waals surface area contributed by atoms with E-state index in [1.54, 1.807) is 0 Å². The van der Waals surface area contributed by atoms with Crippen LogP contribution in [0.3, 0.4) is 0 Å². The smallest absolute Gasteiger partial charge is 0.0599 e. The molecule has 0 saturated carbocycles. The van der Waals surface area contributed by atoms with E-state index in [1.807, 2.05) is 6.92 Å². The molecule has 0 aliphatic heterocycles. The Hall–Kier alpha value is -0.480. The van der Waals surface area contributed by atoms with Gasteiger partial charge < -0.3 is 0 Å². The quantitative estimate of drug-likeness (QED) is 0.537. The highest BCUT2D eigenvalue weighted by molar-refractivity contribution is 4.97. The summed E-state index contributed by atoms with van der Waals surface area (Å²) in [6.45, 7) is 8.35. The molecule has 0 aliphatic rings. The van der Waals surface area contributed by atoms with Crippen LogP contribution >= 0.6 is 0 Å². The predicted molar refractivity (Wildman–Crippen MR) is 45.8 cm³/mol. The number of nitrogens with zero attached hydrogens (tertiary/aromatic N) is 1. The maximum Gasteiger partial charge on any atom is 0.0599 e. The van der Waals surface area contributed by atoms with Gasteiger partial charge in [-0.15, -0.1) is 5.92 Å². The lowest BCUT2D eigenvalue weighted by molar-refractivity contribution is 0.328. The maximum absolute atomic E-state index is 3.03. The van der Waals surface area contributed by atoms with Crippen molar-refractivity contribution in [3.8, 4) is 11.8 Å². The zero-order valence-corrected chi connectivity index (χ0v) is 7.44. The second-order valence-electron chi connectivity index (χ2n) is 3.02. The summed E-state index contributed by atoms with van der Waals surface area (Å²) in [5.41, 5.74) is 0. The van der Waals surface area contributed by atoms with Crippen LogP contribution in [0.15, 0.2) is 0 Å². The molecule has 1 heteroatoms. The first-order valence-electron chi connectivity index (χ1n) is 3.75. The van der Waals surface area contributed by atoms with Crippen LogP contribution in [0.1, 0.15) is 20.8 Å². The van der Waals surface area contributed by atoms with Gasteiger partial charge in [0.25, 0.3) is 0 Å². The molecule has 0 fully saturated rings. The van der Waals surface area contributed by atoms with E-state index in [0.29, 0.717) is 0 Å². The summed E-state index contributed by atoms with van der Waals surface area (Å²) in [5, 5.41) is 0. The van der Waals surface area contributed by atoms with Crippen molar-refractivity contribution in [2.24, 2.45) is 5.92 Å². The molecule has 58 valence electrons. The number of hydrogen-bond donors (Lipinski definition) is 0. The Morgan fingerprint density at radius 1 is 1.40 bits per heavy atom. The van der Waals surface area contributed by atoms with Gasteiger partial charge in [-0.3, -0.25) is 4.90 Å². The van der Waals surface area contributed by atoms with Gasteiger partial charge >= 0.3 is 0 Å². The fraction of sp³-hybridized carbons (Fsp3) is 0.778. The summed E-state index contributed by atoms with van der Waals surface area (Å²) in [6, 6.07) is 0. The molecule has 0 rings (SSSR count). The van der Waals surface area contributed by atoms with Crippen LogP contribution in [0.5, 0.6) is 0 Å². The van der Waals surface area contributed by atoms with Crippen molar-refractivity contribution in [3.05, 3.63) is 0 Å². The monoisotopic (exact) mass is 139 g/mol. The van der Waals surface area contributed by atoms with E-state index < -0.39 is 0 Å². The molecule has 1 nitrogen and oxygen atoms in total. The third-order valence-corrected chi connectivity index (χ3v) is 1.20. The fourth-order valence-electron chi connectivity index (χ4n) is 0.902. The molecule has 0 N–H and O–H groups in total. The van der Waals surface area contributed by atoms with Gasteiger partial charge in [-0.1, -0.05) is 19.8 Å². The van der Waals surface area contributed by atoms with E-state index in [2.05, 4.69) is 37.6 Å². The van der Waals surface area contributed by atoms with E-state index in [1.165, 1.54) is 0 Å². The van der Waals surface area contributed by atoms with Crippen LogP contribution in [0.25, 0.3) is 0 Å². The summed E-state index contributed by atoms with van der Waals surface area (Å²) in [7, 11) is 2.10. The zero-order chi connectivity index (χ0) is 7.98. The molecule has 0 aromatic carbocycles. The lowest BCUT2D eigenvalue weighted by Crippen LogP contribution is -2.23. The molecule has 0 aromatic rings. The molecule has 0 spiro atoms. The average Bonchev–Trinajstić information content (AvgIpc) is 1.82. The van der Waals surface area contributed by atoms with Crippen molar-refractivity contribution in [1.29, 1.82) is 0 Å². The first-order valence-corrected chi connectivity index (χ1v) is 3.75. The standard InChI is InChI=1S/C9H17N/c1-5-6-7-10(4)8-9(2)3/h9H,7-8H2,1-4H3. The van der Waals surface area contributed by atoms with E-state index in [4.69, 9.17) is 0 Å². The Morgan fingerprint density at radius 3 is 2.40 bits per heavy atom. The molecular formula is C9H17N. The molecule has 0 saturated heterocycles. The van der Waals surface area contributed by atoms with Crippen LogP contribution in [-0.4, -0.2) is 25.0 Å². The van der Waals surface area contributed by atoms with Crippen LogP contribution in [0.2, 0.25) is 0 Å². The largest absolute Gasteiger partial charge is 0.295 e. The van der Waals surface area contributed by atoms with Crippen molar-refractivity contribution in [2.45, 2.75) is 20.8 Å². The third kappa shape index (κ3) is 5.65. The Labute approximate surface area is 64.4 Å². The topological polar surface area (TPSA) is 3.24 Å². The van der Waals surface area contributed by atoms with Crippen molar-refractivity contribution in [1.82, 2.24) is 4.90 Å². The molecule has 0 amide bonds. The van der Waals surface area contributed by atoms with Crippen LogP contribution < -0.4 is 0 Å². The predicted octanol–water partition coefficient (Wildman–Crippen LogP) is 1.60. The molecule has 0 atom stereocenters. The van der Waals surface area contributed by atoms with Crippen molar-refractivity contribution in [3.63, 3.8) is 0 Å². The highest BCUT2D eigenvalue weighted by Gasteiger charge is 1.97. The maximum atomic E-state index is 3.03. The summed E-state index contributed by atoms with van der Waals surface area (Å²) >= 11 is 0. The van der Waals surface area contributed by atoms with E-state index in [-0.39, 0.29) is 0 Å². The highest BCUT2D eigenvalue weighted by atomic mass is 15.1. The normalized spacial score (nSPS) is 9.80. The number of hydrogen-bond acceptors (Lipinski definition) is 1. The van der Waals surface area contributed by atoms with Crippen LogP contribution in [0, 0.1) is 17.8 Å². The van der Waals surface area contributed by atoms with Gasteiger partial charge in [0.05, 0.1) is 6.54 Å². The molecule has 0 aromatic heterocycles. The fourth-order valence-corrected chi connectivity index (χ4v) is 0.902. The average molecular weight is 139 g/mol. The first-order chi connectivity index (χ1) is 4.66. The molecule has 10 heavy (non-hydrogen) atoms. The minimum Gasteiger partial charge on any atom is -0.295 e. The minimum atomic E-state index is 0.739. The second kappa shape index (κ2) is 5.32. The Kier molecular flexibility index (Phi) is 5.06. The van der Waals surface area contributed by atoms with Gasteiger partial charge in [0.1, 0.15) is 0 Å². The van der Waals surface area contributed by atoms with E-state index in [0.717, 1.165) is 19.0 Å². The van der Waals surface area contributed by atoms with E-state index >= 15 is 0 Å². The van der Waals surface area contributed by atoms with Gasteiger partial charge in [0, 0.05) is 6.54 Å². The summed E-state index contributed by atoms with van der Waals surface area (Å²) < 4.78 is 0. The highest BCUT2D eigenvalue weighted by Crippen LogP contribution is 1.93. The van der Waals surface area contributed by atoms with Crippen LogP contribution in [-0.2, 0) is 0 Å². The van der Waals surface area contributed by atoms with Gasteiger partial charge in [-0.05, 0) is 19.9 Å². The van der Waals surface area contributed by atoms with Gasteiger partial charge in [0.2, 0.25) is 0 Å². The second-order valence-corrected chi connectivity index (χ2v) is 3.02. The summed E-state index contributed by atoms with van der Waals surface area (Å²) in [5.74, 6) is 6.65. The SMILES string of the molecule is CC#CCN(C)CC(C)C. The molecule has 0 unspecified atom stereocenters. The Balaban J connectivity index is 3.40. The number of rotatable bonds is 3. The molecule has 0 bridgehead atoms. The summed E-state index contributed by atoms with van der Waals surface area (Å²) in [6.07, 6.45) is 0. The molecular weight excluding hydrogens is 122 g/mol.